The molecule has 1 saturated heterocycles. The summed E-state index contributed by atoms with van der Waals surface area (Å²) in [5.74, 6) is -0.0365. The monoisotopic (exact) mass is 308 g/mol. The number of benzene rings is 1. The van der Waals surface area contributed by atoms with E-state index in [-0.39, 0.29) is 12.6 Å². The number of β-amino-alcohol motifs (C(OH)–C–C–N with tert-alkyl or cyclic N) is 1. The van der Waals surface area contributed by atoms with Gasteiger partial charge in [-0.05, 0) is 44.2 Å². The Kier molecular flexibility index (Phi) is 6.65. The van der Waals surface area contributed by atoms with E-state index in [1.165, 1.54) is 0 Å². The van der Waals surface area contributed by atoms with Gasteiger partial charge in [0.25, 0.3) is 5.91 Å². The number of nitrogens with one attached hydrogen (secondary N) is 1. The zero-order valence-electron chi connectivity index (χ0n) is 12.9. The first-order valence-electron chi connectivity index (χ1n) is 8.08. The number of hydrogen-bond donors (Lipinski definition) is 2. The van der Waals surface area contributed by atoms with Crippen molar-refractivity contribution in [1.82, 2.24) is 4.90 Å². The van der Waals surface area contributed by atoms with Gasteiger partial charge >= 0.3 is 0 Å². The number of piperidine rings is 1. The summed E-state index contributed by atoms with van der Waals surface area (Å²) in [6.45, 7) is 1.56. The van der Waals surface area contributed by atoms with E-state index in [4.69, 9.17) is 0 Å². The number of hydrogen-bond acceptors (Lipinski definition) is 3. The number of aliphatic hydroxyl groups excluding tert-OH is 1. The zero-order valence-corrected chi connectivity index (χ0v) is 12.9. The van der Waals surface area contributed by atoms with Crippen molar-refractivity contribution in [2.75, 3.05) is 31.6 Å². The molecule has 2 rings (SSSR count). The predicted octanol–water partition coefficient (Wildman–Crippen LogP) is 2.84. The summed E-state index contributed by atoms with van der Waals surface area (Å²) < 4.78 is 12.1. The van der Waals surface area contributed by atoms with Crippen LogP contribution in [0, 0.1) is 0 Å². The molecule has 22 heavy (non-hydrogen) atoms. The molecule has 0 radical (unpaired) electrons. The summed E-state index contributed by atoms with van der Waals surface area (Å²) in [7, 11) is 0. The van der Waals surface area contributed by atoms with E-state index in [0.29, 0.717) is 25.1 Å². The number of halogens is 1. The number of aliphatic hydroxyl groups is 1. The molecule has 1 atom stereocenters. The van der Waals surface area contributed by atoms with Gasteiger partial charge in [0.05, 0.1) is 18.3 Å². The van der Waals surface area contributed by atoms with E-state index >= 15 is 0 Å². The Bertz CT molecular complexity index is 481. The number of likely N-dealkylation sites (tertiary alicyclic amines) is 1. The number of carbonyl (C=O) groups excluding carboxylic acids is 1. The lowest BCUT2D eigenvalue weighted by Gasteiger charge is -2.30. The maximum atomic E-state index is 12.6. The lowest BCUT2D eigenvalue weighted by Crippen LogP contribution is -2.42. The largest absolute Gasteiger partial charge is 0.391 e. The van der Waals surface area contributed by atoms with Gasteiger partial charge in [-0.1, -0.05) is 12.1 Å². The van der Waals surface area contributed by atoms with Crippen LogP contribution in [-0.4, -0.2) is 48.3 Å². The summed E-state index contributed by atoms with van der Waals surface area (Å²) in [6, 6.07) is 7.45. The average Bonchev–Trinajstić information content (AvgIpc) is 2.54. The summed E-state index contributed by atoms with van der Waals surface area (Å²) in [5, 5.41) is 13.0. The van der Waals surface area contributed by atoms with Gasteiger partial charge in [0.2, 0.25) is 0 Å². The molecule has 0 unspecified atom stereocenters. The highest BCUT2D eigenvalue weighted by Crippen LogP contribution is 2.20. The SMILES string of the molecule is O=C(c1ccccc1NCCCCCF)N1CCC[C@@H](O)C1. The molecule has 0 spiro atoms. The second kappa shape index (κ2) is 8.73. The number of para-hydroxylation sites is 1. The first-order chi connectivity index (χ1) is 10.7. The second-order valence-electron chi connectivity index (χ2n) is 5.77. The highest BCUT2D eigenvalue weighted by Gasteiger charge is 2.24. The Hall–Kier alpha value is -1.62. The molecule has 0 aliphatic carbocycles. The number of amides is 1. The van der Waals surface area contributed by atoms with Crippen molar-refractivity contribution in [2.45, 2.75) is 38.2 Å². The van der Waals surface area contributed by atoms with E-state index < -0.39 is 6.10 Å². The van der Waals surface area contributed by atoms with Crippen LogP contribution in [0.5, 0.6) is 0 Å². The summed E-state index contributed by atoms with van der Waals surface area (Å²) in [6.07, 6.45) is 3.50. The first kappa shape index (κ1) is 16.7. The van der Waals surface area contributed by atoms with Gasteiger partial charge in [0, 0.05) is 25.3 Å². The lowest BCUT2D eigenvalue weighted by molar-refractivity contribution is 0.0474. The summed E-state index contributed by atoms with van der Waals surface area (Å²) in [4.78, 5) is 14.3. The maximum absolute atomic E-state index is 12.6. The standard InChI is InChI=1S/C17H25FN2O2/c18-10-4-1-5-11-19-16-9-3-2-8-15(16)17(22)20-12-6-7-14(21)13-20/h2-3,8-9,14,19,21H,1,4-7,10-13H2/t14-/m1/s1. The molecule has 1 aliphatic rings. The number of rotatable bonds is 7. The number of nitrogens with zero attached hydrogens (tertiary/aromatic N) is 1. The van der Waals surface area contributed by atoms with E-state index in [2.05, 4.69) is 5.32 Å². The third kappa shape index (κ3) is 4.70. The molecule has 1 aromatic carbocycles. The van der Waals surface area contributed by atoms with Crippen LogP contribution in [0.3, 0.4) is 0 Å². The molecule has 1 aliphatic heterocycles. The number of anilines is 1. The number of alkyl halides is 1. The Balaban J connectivity index is 1.96. The average molecular weight is 308 g/mol. The number of unbranched alkanes of at least 4 members (excludes halogenated alkanes) is 2. The lowest BCUT2D eigenvalue weighted by atomic mass is 10.1. The van der Waals surface area contributed by atoms with Gasteiger partial charge in [-0.25, -0.2) is 0 Å². The Labute approximate surface area is 131 Å². The Morgan fingerprint density at radius 1 is 1.32 bits per heavy atom. The van der Waals surface area contributed by atoms with Gasteiger partial charge < -0.3 is 15.3 Å². The summed E-state index contributed by atoms with van der Waals surface area (Å²) >= 11 is 0. The molecule has 0 saturated carbocycles. The van der Waals surface area contributed by atoms with Gasteiger partial charge in [0.1, 0.15) is 0 Å². The zero-order chi connectivity index (χ0) is 15.8. The van der Waals surface area contributed by atoms with E-state index in [0.717, 1.165) is 37.9 Å². The van der Waals surface area contributed by atoms with Crippen LogP contribution in [0.4, 0.5) is 10.1 Å². The molecule has 0 bridgehead atoms. The molecule has 4 nitrogen and oxygen atoms in total. The third-order valence-corrected chi connectivity index (χ3v) is 3.97. The van der Waals surface area contributed by atoms with Gasteiger partial charge in [-0.15, -0.1) is 0 Å². The molecule has 1 aromatic rings. The van der Waals surface area contributed by atoms with Crippen molar-refractivity contribution >= 4 is 11.6 Å². The van der Waals surface area contributed by atoms with Crippen LogP contribution in [0.2, 0.25) is 0 Å². The van der Waals surface area contributed by atoms with Crippen LogP contribution in [0.25, 0.3) is 0 Å². The Morgan fingerprint density at radius 3 is 2.91 bits per heavy atom. The molecular weight excluding hydrogens is 283 g/mol. The number of carbonyl (C=O) groups is 1. The smallest absolute Gasteiger partial charge is 0.256 e. The maximum Gasteiger partial charge on any atom is 0.256 e. The molecule has 0 aromatic heterocycles. The van der Waals surface area contributed by atoms with Gasteiger partial charge in [-0.2, -0.15) is 0 Å². The molecule has 1 amide bonds. The van der Waals surface area contributed by atoms with Crippen LogP contribution < -0.4 is 5.32 Å². The van der Waals surface area contributed by atoms with Crippen LogP contribution in [0.15, 0.2) is 24.3 Å². The van der Waals surface area contributed by atoms with Gasteiger partial charge in [0.15, 0.2) is 0 Å². The predicted molar refractivity (Wildman–Crippen MR) is 85.9 cm³/mol. The fourth-order valence-electron chi connectivity index (χ4n) is 2.75. The minimum absolute atomic E-state index is 0.0365. The van der Waals surface area contributed by atoms with E-state index in [1.807, 2.05) is 24.3 Å². The van der Waals surface area contributed by atoms with Crippen LogP contribution in [-0.2, 0) is 0 Å². The van der Waals surface area contributed by atoms with Crippen LogP contribution in [0.1, 0.15) is 42.5 Å². The fourth-order valence-corrected chi connectivity index (χ4v) is 2.75. The normalized spacial score (nSPS) is 18.3. The van der Waals surface area contributed by atoms with Crippen molar-refractivity contribution in [3.63, 3.8) is 0 Å². The van der Waals surface area contributed by atoms with Crippen molar-refractivity contribution in [1.29, 1.82) is 0 Å². The quantitative estimate of drug-likeness (QED) is 0.762. The van der Waals surface area contributed by atoms with Crippen molar-refractivity contribution in [3.8, 4) is 0 Å². The highest BCUT2D eigenvalue weighted by atomic mass is 19.1. The highest BCUT2D eigenvalue weighted by molar-refractivity contribution is 5.99. The molecular formula is C17H25FN2O2. The third-order valence-electron chi connectivity index (χ3n) is 3.97. The molecule has 5 heteroatoms. The minimum Gasteiger partial charge on any atom is -0.391 e. The van der Waals surface area contributed by atoms with Gasteiger partial charge in [-0.3, -0.25) is 9.18 Å². The topological polar surface area (TPSA) is 52.6 Å². The second-order valence-corrected chi connectivity index (χ2v) is 5.77. The molecule has 1 heterocycles. The molecule has 1 fully saturated rings. The summed E-state index contributed by atoms with van der Waals surface area (Å²) in [5.41, 5.74) is 1.45. The minimum atomic E-state index is -0.418. The van der Waals surface area contributed by atoms with Crippen molar-refractivity contribution < 1.29 is 14.3 Å². The van der Waals surface area contributed by atoms with Crippen LogP contribution >= 0.6 is 0 Å². The molecule has 2 N–H and O–H groups in total. The van der Waals surface area contributed by atoms with Crippen molar-refractivity contribution in [2.24, 2.45) is 0 Å². The van der Waals surface area contributed by atoms with Crippen molar-refractivity contribution in [3.05, 3.63) is 29.8 Å². The molecule has 122 valence electrons. The first-order valence-corrected chi connectivity index (χ1v) is 8.08. The Morgan fingerprint density at radius 2 is 2.14 bits per heavy atom. The van der Waals surface area contributed by atoms with E-state index in [9.17, 15) is 14.3 Å². The van der Waals surface area contributed by atoms with E-state index in [1.54, 1.807) is 4.90 Å². The fraction of sp³-hybridized carbons (Fsp3) is 0.588.